The number of allylic oxidation sites excluding steroid dienone is 2. The van der Waals surface area contributed by atoms with E-state index in [-0.39, 0.29) is 5.41 Å². The number of aryl methyl sites for hydroxylation is 3. The lowest BCUT2D eigenvalue weighted by molar-refractivity contribution is -0.160. The van der Waals surface area contributed by atoms with Gasteiger partial charge in [-0.05, 0) is 91.2 Å². The monoisotopic (exact) mass is 610 g/mol. The van der Waals surface area contributed by atoms with Crippen LogP contribution in [-0.2, 0) is 16.0 Å². The highest BCUT2D eigenvalue weighted by Gasteiger charge is 2.37. The van der Waals surface area contributed by atoms with Crippen molar-refractivity contribution in [1.82, 2.24) is 24.1 Å². The Kier molecular flexibility index (Phi) is 8.10. The maximum absolute atomic E-state index is 12.8. The average molecular weight is 611 g/mol. The molecule has 6 bridgehead atoms. The number of carbonyl (C=O) groups is 1. The van der Waals surface area contributed by atoms with E-state index < -0.39 is 17.7 Å². The van der Waals surface area contributed by atoms with E-state index in [0.29, 0.717) is 16.9 Å². The number of ether oxygens (including phenoxy) is 1. The van der Waals surface area contributed by atoms with Crippen LogP contribution < -0.4 is 4.90 Å². The number of aliphatic carboxylic acids is 1. The summed E-state index contributed by atoms with van der Waals surface area (Å²) < 4.78 is 10.3. The highest BCUT2D eigenvalue weighted by atomic mass is 16.5. The van der Waals surface area contributed by atoms with Crippen molar-refractivity contribution in [2.24, 2.45) is 5.41 Å². The van der Waals surface area contributed by atoms with Gasteiger partial charge in [0, 0.05) is 48.2 Å². The number of nitrogens with zero attached hydrogens (tertiary/aromatic N) is 6. The van der Waals surface area contributed by atoms with E-state index in [4.69, 9.17) is 19.8 Å². The first-order valence-electron chi connectivity index (χ1n) is 16.2. The lowest BCUT2D eigenvalue weighted by atomic mass is 9.76. The van der Waals surface area contributed by atoms with Crippen molar-refractivity contribution in [3.05, 3.63) is 71.0 Å². The van der Waals surface area contributed by atoms with Crippen LogP contribution in [0.1, 0.15) is 94.4 Å². The van der Waals surface area contributed by atoms with Gasteiger partial charge in [0.15, 0.2) is 11.8 Å². The number of hydrogen-bond donors (Lipinski definition) is 1. The third-order valence-corrected chi connectivity index (χ3v) is 9.46. The molecule has 1 atom stereocenters. The van der Waals surface area contributed by atoms with Crippen LogP contribution in [0.2, 0.25) is 0 Å². The molecule has 0 spiro atoms. The normalized spacial score (nSPS) is 18.3. The number of rotatable bonds is 3. The molecule has 1 saturated heterocycles. The molecule has 0 saturated carbocycles. The van der Waals surface area contributed by atoms with E-state index >= 15 is 0 Å². The van der Waals surface area contributed by atoms with Gasteiger partial charge in [0.1, 0.15) is 11.6 Å². The molecular weight excluding hydrogens is 564 g/mol. The molecule has 3 aromatic heterocycles. The maximum atomic E-state index is 12.8. The molecule has 0 unspecified atom stereocenters. The minimum Gasteiger partial charge on any atom is -0.479 e. The van der Waals surface area contributed by atoms with Gasteiger partial charge < -0.3 is 19.3 Å². The predicted molar refractivity (Wildman–Crippen MR) is 177 cm³/mol. The number of hydrogen-bond acceptors (Lipinski definition) is 6. The molecule has 238 valence electrons. The fraction of sp³-hybridized carbons (Fsp3) is 0.500. The molecule has 7 rings (SSSR count). The average Bonchev–Trinajstić information content (AvgIpc) is 3.52. The van der Waals surface area contributed by atoms with Gasteiger partial charge in [-0.2, -0.15) is 9.61 Å². The second-order valence-corrected chi connectivity index (χ2v) is 14.1. The third-order valence-electron chi connectivity index (χ3n) is 9.46. The fourth-order valence-electron chi connectivity index (χ4n) is 6.84. The van der Waals surface area contributed by atoms with Gasteiger partial charge in [0.25, 0.3) is 0 Å². The van der Waals surface area contributed by atoms with E-state index in [0.717, 1.165) is 91.6 Å². The third kappa shape index (κ3) is 6.15. The molecule has 1 fully saturated rings. The lowest BCUT2D eigenvalue weighted by Crippen LogP contribution is -2.41. The van der Waals surface area contributed by atoms with Crippen LogP contribution in [0.25, 0.3) is 22.6 Å². The van der Waals surface area contributed by atoms with E-state index in [9.17, 15) is 9.90 Å². The van der Waals surface area contributed by atoms with Gasteiger partial charge in [0.05, 0.1) is 22.6 Å². The number of imidazole rings is 1. The molecule has 1 N–H and O–H groups in total. The van der Waals surface area contributed by atoms with Gasteiger partial charge in [0.2, 0.25) is 0 Å². The van der Waals surface area contributed by atoms with Crippen molar-refractivity contribution in [3.8, 4) is 16.9 Å². The molecule has 3 aliphatic heterocycles. The van der Waals surface area contributed by atoms with Gasteiger partial charge >= 0.3 is 5.97 Å². The summed E-state index contributed by atoms with van der Waals surface area (Å²) in [6, 6.07) is 10.4. The fourth-order valence-corrected chi connectivity index (χ4v) is 6.84. The van der Waals surface area contributed by atoms with Crippen LogP contribution in [0.3, 0.4) is 0 Å². The molecule has 3 aliphatic rings. The van der Waals surface area contributed by atoms with Crippen molar-refractivity contribution in [3.63, 3.8) is 0 Å². The maximum Gasteiger partial charge on any atom is 0.337 e. The van der Waals surface area contributed by atoms with E-state index in [1.807, 2.05) is 38.3 Å². The summed E-state index contributed by atoms with van der Waals surface area (Å²) >= 11 is 0. The smallest absolute Gasteiger partial charge is 0.337 e. The number of carboxylic acid groups (broad SMARTS) is 1. The first-order chi connectivity index (χ1) is 21.3. The summed E-state index contributed by atoms with van der Waals surface area (Å²) in [5.74, 6) is 0.789. The first kappa shape index (κ1) is 31.0. The first-order valence-corrected chi connectivity index (χ1v) is 16.2. The number of anilines is 1. The predicted octanol–water partition coefficient (Wildman–Crippen LogP) is 7.34. The minimum absolute atomic E-state index is 0.206. The van der Waals surface area contributed by atoms with Gasteiger partial charge in [-0.25, -0.2) is 14.8 Å². The van der Waals surface area contributed by atoms with Crippen LogP contribution >= 0.6 is 0 Å². The van der Waals surface area contributed by atoms with E-state index in [2.05, 4.69) is 66.7 Å². The Bertz CT molecular complexity index is 1770. The largest absolute Gasteiger partial charge is 0.479 e. The summed E-state index contributed by atoms with van der Waals surface area (Å²) in [5.41, 5.74) is 6.40. The Hall–Kier alpha value is -3.98. The van der Waals surface area contributed by atoms with E-state index in [1.165, 1.54) is 0 Å². The zero-order chi connectivity index (χ0) is 32.1. The van der Waals surface area contributed by atoms with Crippen molar-refractivity contribution in [1.29, 1.82) is 0 Å². The van der Waals surface area contributed by atoms with Gasteiger partial charge in [-0.3, -0.25) is 0 Å². The van der Waals surface area contributed by atoms with E-state index in [1.54, 1.807) is 0 Å². The lowest BCUT2D eigenvalue weighted by Gasteiger charge is -2.41. The summed E-state index contributed by atoms with van der Waals surface area (Å²) in [4.78, 5) is 25.0. The topological polar surface area (TPSA) is 97.8 Å². The molecule has 9 heteroatoms. The number of fused-ring (bicyclic) bond motifs is 6. The zero-order valence-electron chi connectivity index (χ0n) is 27.7. The van der Waals surface area contributed by atoms with Crippen LogP contribution in [-0.4, -0.2) is 53.9 Å². The Labute approximate surface area is 266 Å². The highest BCUT2D eigenvalue weighted by Crippen LogP contribution is 2.41. The number of benzene rings is 1. The second kappa shape index (κ2) is 11.7. The Morgan fingerprint density at radius 3 is 2.44 bits per heavy atom. The quantitative estimate of drug-likeness (QED) is 0.243. The summed E-state index contributed by atoms with van der Waals surface area (Å²) in [5, 5.41) is 15.6. The van der Waals surface area contributed by atoms with Crippen LogP contribution in [0.5, 0.6) is 0 Å². The highest BCUT2D eigenvalue weighted by molar-refractivity contribution is 5.79. The Morgan fingerprint density at radius 2 is 1.73 bits per heavy atom. The zero-order valence-corrected chi connectivity index (χ0v) is 27.7. The van der Waals surface area contributed by atoms with Gasteiger partial charge in [-0.1, -0.05) is 31.2 Å². The summed E-state index contributed by atoms with van der Waals surface area (Å²) in [7, 11) is 0. The second-order valence-electron chi connectivity index (χ2n) is 14.1. The number of aromatic nitrogens is 5. The molecule has 0 radical (unpaired) electrons. The molecule has 0 aliphatic carbocycles. The van der Waals surface area contributed by atoms with Crippen LogP contribution in [0.15, 0.2) is 42.5 Å². The van der Waals surface area contributed by atoms with Crippen LogP contribution in [0.4, 0.5) is 5.82 Å². The number of piperidine rings is 1. The van der Waals surface area contributed by atoms with Crippen molar-refractivity contribution in [2.45, 2.75) is 98.7 Å². The summed E-state index contributed by atoms with van der Waals surface area (Å²) in [6.07, 6.45) is 9.44. The minimum atomic E-state index is -1.18. The van der Waals surface area contributed by atoms with Gasteiger partial charge in [-0.15, -0.1) is 0 Å². The molecule has 45 heavy (non-hydrogen) atoms. The molecule has 9 nitrogen and oxygen atoms in total. The number of carboxylic acids is 1. The molecular formula is C36H46N6O3. The molecule has 4 aromatic rings. The summed E-state index contributed by atoms with van der Waals surface area (Å²) in [6.45, 7) is 15.7. The standard InChI is InChI=1S/C36H46N6O3/c1-23-25(3)41-27-14-12-13-26(21-27)28-22-30-38-24(2)31(32(34(43)44)45-35(4,5)6)33(42(30)39-28)40-19-17-36(7,18-20-40)16-11-9-8-10-15-29(41)37-23/h8-9,12-14,21-22,32H,10-11,15-20H2,1-7H3,(H,43,44)/b9-8+/t32-/m0/s1. The molecule has 0 amide bonds. The molecule has 1 aromatic carbocycles. The van der Waals surface area contributed by atoms with Crippen molar-refractivity contribution >= 4 is 17.4 Å². The SMILES string of the molecule is Cc1nc2cc3nn2c(c1[C@H](OC(C)(C)C)C(=O)O)N1CCC(C)(CC/C=C/CCc2nc(C)c(C)n2-c2cccc-3c2)CC1. The molecule has 6 heterocycles. The van der Waals surface area contributed by atoms with Crippen molar-refractivity contribution in [2.75, 3.05) is 18.0 Å². The Balaban J connectivity index is 1.56. The van der Waals surface area contributed by atoms with Crippen LogP contribution in [0, 0.1) is 26.2 Å². The Morgan fingerprint density at radius 1 is 1.00 bits per heavy atom. The van der Waals surface area contributed by atoms with Crippen molar-refractivity contribution < 1.29 is 14.6 Å².